The average Bonchev–Trinajstić information content (AvgIpc) is 2.16. The summed E-state index contributed by atoms with van der Waals surface area (Å²) in [5.41, 5.74) is -0.249. The minimum absolute atomic E-state index is 0.265. The Balaban J connectivity index is 2.79. The molecule has 0 atom stereocenters. The predicted molar refractivity (Wildman–Crippen MR) is 61.4 cm³/mol. The van der Waals surface area contributed by atoms with E-state index < -0.39 is 11.6 Å². The minimum Gasteiger partial charge on any atom is -0.455 e. The highest BCUT2D eigenvalue weighted by Gasteiger charge is 2.19. The fraction of sp³-hybridized carbons (Fsp3) is 0.545. The van der Waals surface area contributed by atoms with Gasteiger partial charge in [0.15, 0.2) is 5.69 Å². The second-order valence-electron chi connectivity index (χ2n) is 4.30. The number of ether oxygens (including phenoxy) is 1. The molecule has 5 nitrogen and oxygen atoms in total. The first-order chi connectivity index (χ1) is 7.42. The highest BCUT2D eigenvalue weighted by molar-refractivity contribution is 5.87. The van der Waals surface area contributed by atoms with E-state index in [1.807, 2.05) is 27.7 Å². The molecule has 0 aromatic carbocycles. The maximum atomic E-state index is 11.7. The summed E-state index contributed by atoms with van der Waals surface area (Å²) in [7, 11) is 0. The zero-order chi connectivity index (χ0) is 12.2. The Morgan fingerprint density at radius 2 is 2.19 bits per heavy atom. The van der Waals surface area contributed by atoms with Gasteiger partial charge < -0.3 is 10.1 Å². The second kappa shape index (κ2) is 4.92. The number of hydrogen-bond acceptors (Lipinski definition) is 5. The van der Waals surface area contributed by atoms with Gasteiger partial charge in [0.1, 0.15) is 5.60 Å². The summed E-state index contributed by atoms with van der Waals surface area (Å²) in [6.45, 7) is 8.09. The van der Waals surface area contributed by atoms with Gasteiger partial charge in [0, 0.05) is 12.7 Å². The molecule has 1 N–H and O–H groups in total. The van der Waals surface area contributed by atoms with Crippen LogP contribution < -0.4 is 5.32 Å². The van der Waals surface area contributed by atoms with Crippen molar-refractivity contribution in [1.29, 1.82) is 0 Å². The van der Waals surface area contributed by atoms with Gasteiger partial charge in [0.05, 0.1) is 0 Å². The van der Waals surface area contributed by atoms with Crippen LogP contribution in [0.25, 0.3) is 0 Å². The van der Waals surface area contributed by atoms with Crippen LogP contribution in [0.4, 0.5) is 5.95 Å². The zero-order valence-corrected chi connectivity index (χ0v) is 10.1. The Bertz CT molecular complexity index is 372. The maximum absolute atomic E-state index is 11.7. The van der Waals surface area contributed by atoms with E-state index in [2.05, 4.69) is 15.3 Å². The third-order valence-electron chi connectivity index (χ3n) is 1.60. The van der Waals surface area contributed by atoms with Crippen LogP contribution in [0, 0.1) is 0 Å². The fourth-order valence-electron chi connectivity index (χ4n) is 1.05. The molecule has 0 saturated carbocycles. The van der Waals surface area contributed by atoms with Crippen LogP contribution in [-0.2, 0) is 4.74 Å². The van der Waals surface area contributed by atoms with E-state index in [0.717, 1.165) is 0 Å². The van der Waals surface area contributed by atoms with E-state index >= 15 is 0 Å². The first-order valence-electron chi connectivity index (χ1n) is 5.22. The lowest BCUT2D eigenvalue weighted by atomic mass is 10.2. The van der Waals surface area contributed by atoms with Gasteiger partial charge in [-0.3, -0.25) is 0 Å². The SMILES string of the molecule is CCNc1nccc(C(=O)OC(C)(C)C)n1. The van der Waals surface area contributed by atoms with Crippen molar-refractivity contribution in [3.63, 3.8) is 0 Å². The number of carbonyl (C=O) groups excluding carboxylic acids is 1. The number of nitrogens with zero attached hydrogens (tertiary/aromatic N) is 2. The molecule has 0 aliphatic carbocycles. The van der Waals surface area contributed by atoms with Crippen LogP contribution in [-0.4, -0.2) is 28.1 Å². The number of anilines is 1. The molecule has 0 aliphatic heterocycles. The molecule has 0 aliphatic rings. The summed E-state index contributed by atoms with van der Waals surface area (Å²) in [6, 6.07) is 1.54. The van der Waals surface area contributed by atoms with Crippen LogP contribution in [0.2, 0.25) is 0 Å². The first-order valence-corrected chi connectivity index (χ1v) is 5.22. The summed E-state index contributed by atoms with van der Waals surface area (Å²) < 4.78 is 5.20. The third-order valence-corrected chi connectivity index (χ3v) is 1.60. The van der Waals surface area contributed by atoms with Crippen molar-refractivity contribution in [3.05, 3.63) is 18.0 Å². The first kappa shape index (κ1) is 12.4. The normalized spacial score (nSPS) is 11.0. The van der Waals surface area contributed by atoms with E-state index in [-0.39, 0.29) is 5.69 Å². The molecular formula is C11H17N3O2. The molecular weight excluding hydrogens is 206 g/mol. The van der Waals surface area contributed by atoms with Crippen LogP contribution in [0.15, 0.2) is 12.3 Å². The molecule has 5 heteroatoms. The highest BCUT2D eigenvalue weighted by Crippen LogP contribution is 2.11. The van der Waals surface area contributed by atoms with Crippen molar-refractivity contribution in [2.75, 3.05) is 11.9 Å². The van der Waals surface area contributed by atoms with E-state index in [1.54, 1.807) is 0 Å². The molecule has 0 saturated heterocycles. The Kier molecular flexibility index (Phi) is 3.82. The summed E-state index contributed by atoms with van der Waals surface area (Å²) >= 11 is 0. The molecule has 0 bridgehead atoms. The van der Waals surface area contributed by atoms with Gasteiger partial charge in [-0.25, -0.2) is 14.8 Å². The molecule has 1 aromatic rings. The number of esters is 1. The smallest absolute Gasteiger partial charge is 0.357 e. The molecule has 1 heterocycles. The molecule has 0 unspecified atom stereocenters. The Morgan fingerprint density at radius 1 is 1.50 bits per heavy atom. The molecule has 88 valence electrons. The highest BCUT2D eigenvalue weighted by atomic mass is 16.6. The number of hydrogen-bond donors (Lipinski definition) is 1. The monoisotopic (exact) mass is 223 g/mol. The number of aromatic nitrogens is 2. The van der Waals surface area contributed by atoms with E-state index in [1.165, 1.54) is 12.3 Å². The Hall–Kier alpha value is -1.65. The van der Waals surface area contributed by atoms with Crippen LogP contribution >= 0.6 is 0 Å². The maximum Gasteiger partial charge on any atom is 0.357 e. The average molecular weight is 223 g/mol. The molecule has 1 aromatic heterocycles. The predicted octanol–water partition coefficient (Wildman–Crippen LogP) is 1.86. The summed E-state index contributed by atoms with van der Waals surface area (Å²) in [5, 5.41) is 2.94. The quantitative estimate of drug-likeness (QED) is 0.792. The topological polar surface area (TPSA) is 64.1 Å². The second-order valence-corrected chi connectivity index (χ2v) is 4.30. The van der Waals surface area contributed by atoms with Crippen LogP contribution in [0.5, 0.6) is 0 Å². The molecule has 16 heavy (non-hydrogen) atoms. The van der Waals surface area contributed by atoms with Crippen molar-refractivity contribution in [1.82, 2.24) is 9.97 Å². The lowest BCUT2D eigenvalue weighted by Gasteiger charge is -2.19. The molecule has 0 fully saturated rings. The Labute approximate surface area is 95.3 Å². The van der Waals surface area contributed by atoms with Crippen molar-refractivity contribution in [3.8, 4) is 0 Å². The van der Waals surface area contributed by atoms with Crippen molar-refractivity contribution >= 4 is 11.9 Å². The minimum atomic E-state index is -0.514. The number of carbonyl (C=O) groups is 1. The van der Waals surface area contributed by atoms with Gasteiger partial charge in [0.2, 0.25) is 5.95 Å². The van der Waals surface area contributed by atoms with Gasteiger partial charge in [-0.15, -0.1) is 0 Å². The molecule has 0 spiro atoms. The van der Waals surface area contributed by atoms with Gasteiger partial charge in [-0.05, 0) is 33.8 Å². The van der Waals surface area contributed by atoms with Crippen molar-refractivity contribution in [2.45, 2.75) is 33.3 Å². The third kappa shape index (κ3) is 3.84. The number of nitrogens with one attached hydrogen (secondary N) is 1. The summed E-state index contributed by atoms with van der Waals surface area (Å²) in [4.78, 5) is 19.7. The largest absolute Gasteiger partial charge is 0.455 e. The van der Waals surface area contributed by atoms with E-state index in [4.69, 9.17) is 4.74 Å². The lowest BCUT2D eigenvalue weighted by molar-refractivity contribution is 0.00628. The van der Waals surface area contributed by atoms with Gasteiger partial charge in [0.25, 0.3) is 0 Å². The fourth-order valence-corrected chi connectivity index (χ4v) is 1.05. The van der Waals surface area contributed by atoms with Gasteiger partial charge in [-0.2, -0.15) is 0 Å². The lowest BCUT2D eigenvalue weighted by Crippen LogP contribution is -2.24. The standard InChI is InChI=1S/C11H17N3O2/c1-5-12-10-13-7-6-8(14-10)9(15)16-11(2,3)4/h6-7H,5H2,1-4H3,(H,12,13,14). The van der Waals surface area contributed by atoms with Crippen molar-refractivity contribution in [2.24, 2.45) is 0 Å². The summed E-state index contributed by atoms with van der Waals surface area (Å²) in [6.07, 6.45) is 1.53. The summed E-state index contributed by atoms with van der Waals surface area (Å²) in [5.74, 6) is -0.0000813. The van der Waals surface area contributed by atoms with Crippen LogP contribution in [0.1, 0.15) is 38.2 Å². The molecule has 0 radical (unpaired) electrons. The zero-order valence-electron chi connectivity index (χ0n) is 10.1. The van der Waals surface area contributed by atoms with Gasteiger partial charge >= 0.3 is 5.97 Å². The van der Waals surface area contributed by atoms with E-state index in [0.29, 0.717) is 12.5 Å². The molecule has 1 rings (SSSR count). The Morgan fingerprint density at radius 3 is 2.75 bits per heavy atom. The number of rotatable bonds is 3. The van der Waals surface area contributed by atoms with Gasteiger partial charge in [-0.1, -0.05) is 0 Å². The molecule has 0 amide bonds. The van der Waals surface area contributed by atoms with Crippen LogP contribution in [0.3, 0.4) is 0 Å². The van der Waals surface area contributed by atoms with Crippen molar-refractivity contribution < 1.29 is 9.53 Å². The van der Waals surface area contributed by atoms with E-state index in [9.17, 15) is 4.79 Å².